The second kappa shape index (κ2) is 8.14. The van der Waals surface area contributed by atoms with Crippen molar-refractivity contribution in [2.45, 2.75) is 19.1 Å². The molecule has 2 N–H and O–H groups in total. The number of carboxylic acids is 1. The Bertz CT molecular complexity index is 659. The van der Waals surface area contributed by atoms with Crippen LogP contribution in [0.1, 0.15) is 22.9 Å². The van der Waals surface area contributed by atoms with Crippen LogP contribution in [0.5, 0.6) is 5.19 Å². The van der Waals surface area contributed by atoms with E-state index in [1.807, 2.05) is 30.3 Å². The van der Waals surface area contributed by atoms with Gasteiger partial charge in [-0.05, 0) is 5.56 Å². The Morgan fingerprint density at radius 2 is 2.09 bits per heavy atom. The molecule has 7 nitrogen and oxygen atoms in total. The monoisotopic (exact) mass is 336 g/mol. The Labute approximate surface area is 136 Å². The molecule has 2 aromatic rings. The number of benzene rings is 1. The van der Waals surface area contributed by atoms with Crippen LogP contribution in [0.25, 0.3) is 0 Å². The number of ether oxygens (including phenoxy) is 2. The number of nitrogens with zero attached hydrogens (tertiary/aromatic N) is 1. The largest absolute Gasteiger partial charge is 0.481 e. The minimum absolute atomic E-state index is 0.110. The second-order valence-corrected chi connectivity index (χ2v) is 5.61. The predicted molar refractivity (Wildman–Crippen MR) is 83.4 cm³/mol. The number of carbonyl (C=O) groups excluding carboxylic acids is 1. The number of alkyl carbamates (subject to hydrolysis) is 1. The third-order valence-corrected chi connectivity index (χ3v) is 3.98. The van der Waals surface area contributed by atoms with Crippen molar-refractivity contribution in [1.82, 2.24) is 10.3 Å². The molecule has 1 atom stereocenters. The van der Waals surface area contributed by atoms with Crippen LogP contribution in [0.2, 0.25) is 0 Å². The summed E-state index contributed by atoms with van der Waals surface area (Å²) in [6.07, 6.45) is 0.521. The zero-order chi connectivity index (χ0) is 16.7. The standard InChI is InChI=1S/C15H16N2O5S/c1-21-15-16-8-12(23-15)11(7-13(18)19)17-14(20)22-9-10-5-3-2-4-6-10/h2-6,8,11H,7,9H2,1H3,(H,17,20)(H,18,19)/t11-/m1/s1. The summed E-state index contributed by atoms with van der Waals surface area (Å²) in [5.41, 5.74) is 0.844. The molecule has 0 bridgehead atoms. The summed E-state index contributed by atoms with van der Waals surface area (Å²) in [5, 5.41) is 11.9. The molecule has 23 heavy (non-hydrogen) atoms. The van der Waals surface area contributed by atoms with Crippen LogP contribution in [-0.4, -0.2) is 29.3 Å². The summed E-state index contributed by atoms with van der Waals surface area (Å²) >= 11 is 1.17. The Morgan fingerprint density at radius 3 is 2.70 bits per heavy atom. The molecule has 1 heterocycles. The van der Waals surface area contributed by atoms with Crippen LogP contribution in [-0.2, 0) is 16.1 Å². The van der Waals surface area contributed by atoms with Gasteiger partial charge in [0, 0.05) is 6.20 Å². The van der Waals surface area contributed by atoms with E-state index >= 15 is 0 Å². The Morgan fingerprint density at radius 1 is 1.35 bits per heavy atom. The maximum atomic E-state index is 11.9. The van der Waals surface area contributed by atoms with Crippen molar-refractivity contribution in [1.29, 1.82) is 0 Å². The molecule has 0 aliphatic rings. The first-order valence-corrected chi connectivity index (χ1v) is 7.59. The molecule has 8 heteroatoms. The topological polar surface area (TPSA) is 97.8 Å². The van der Waals surface area contributed by atoms with Gasteiger partial charge >= 0.3 is 12.1 Å². The van der Waals surface area contributed by atoms with Gasteiger partial charge in [0.25, 0.3) is 5.19 Å². The molecule has 122 valence electrons. The smallest absolute Gasteiger partial charge is 0.407 e. The van der Waals surface area contributed by atoms with Gasteiger partial charge in [-0.1, -0.05) is 41.7 Å². The number of thiazole rings is 1. The molecule has 0 aliphatic heterocycles. The SMILES string of the molecule is COc1ncc([C@@H](CC(=O)O)NC(=O)OCc2ccccc2)s1. The molecule has 0 unspecified atom stereocenters. The number of rotatable bonds is 7. The number of aromatic nitrogens is 1. The Kier molecular flexibility index (Phi) is 5.93. The average Bonchev–Trinajstić information content (AvgIpc) is 3.02. The van der Waals surface area contributed by atoms with Crippen molar-refractivity contribution in [2.24, 2.45) is 0 Å². The van der Waals surface area contributed by atoms with Crippen LogP contribution in [0.15, 0.2) is 36.5 Å². The molecular formula is C15H16N2O5S. The lowest BCUT2D eigenvalue weighted by Crippen LogP contribution is -2.30. The Balaban J connectivity index is 1.96. The zero-order valence-electron chi connectivity index (χ0n) is 12.4. The predicted octanol–water partition coefficient (Wildman–Crippen LogP) is 2.59. The normalized spacial score (nSPS) is 11.5. The molecule has 0 radical (unpaired) electrons. The van der Waals surface area contributed by atoms with E-state index in [4.69, 9.17) is 14.6 Å². The van der Waals surface area contributed by atoms with Crippen LogP contribution >= 0.6 is 11.3 Å². The highest BCUT2D eigenvalue weighted by molar-refractivity contribution is 7.13. The molecular weight excluding hydrogens is 320 g/mol. The third kappa shape index (κ3) is 5.26. The van der Waals surface area contributed by atoms with Crippen molar-refractivity contribution < 1.29 is 24.2 Å². The maximum absolute atomic E-state index is 11.9. The van der Waals surface area contributed by atoms with Gasteiger partial charge in [0.05, 0.1) is 24.4 Å². The van der Waals surface area contributed by atoms with Crippen molar-refractivity contribution >= 4 is 23.4 Å². The van der Waals surface area contributed by atoms with E-state index in [2.05, 4.69) is 10.3 Å². The number of carboxylic acid groups (broad SMARTS) is 1. The van der Waals surface area contributed by atoms with E-state index < -0.39 is 18.1 Å². The van der Waals surface area contributed by atoms with Gasteiger partial charge in [-0.2, -0.15) is 0 Å². The fraction of sp³-hybridized carbons (Fsp3) is 0.267. The van der Waals surface area contributed by atoms with Gasteiger partial charge in [-0.25, -0.2) is 9.78 Å². The number of methoxy groups -OCH3 is 1. The van der Waals surface area contributed by atoms with E-state index in [9.17, 15) is 9.59 Å². The fourth-order valence-electron chi connectivity index (χ4n) is 1.83. The van der Waals surface area contributed by atoms with Gasteiger partial charge in [0.15, 0.2) is 0 Å². The molecule has 1 aromatic heterocycles. The van der Waals surface area contributed by atoms with Gasteiger partial charge in [-0.15, -0.1) is 0 Å². The number of nitrogens with one attached hydrogen (secondary N) is 1. The fourth-order valence-corrected chi connectivity index (χ4v) is 2.61. The quantitative estimate of drug-likeness (QED) is 0.806. The van der Waals surface area contributed by atoms with E-state index in [-0.39, 0.29) is 13.0 Å². The molecule has 0 aliphatic carbocycles. The first-order chi connectivity index (χ1) is 11.1. The molecule has 1 amide bonds. The summed E-state index contributed by atoms with van der Waals surface area (Å²) in [7, 11) is 1.47. The van der Waals surface area contributed by atoms with E-state index in [0.717, 1.165) is 5.56 Å². The Hall–Kier alpha value is -2.61. The van der Waals surface area contributed by atoms with Crippen LogP contribution in [0.4, 0.5) is 4.79 Å². The van der Waals surface area contributed by atoms with Crippen molar-refractivity contribution in [3.8, 4) is 5.19 Å². The van der Waals surface area contributed by atoms with E-state index in [1.165, 1.54) is 24.6 Å². The molecule has 0 fully saturated rings. The summed E-state index contributed by atoms with van der Waals surface area (Å²) in [6, 6.07) is 8.48. The average molecular weight is 336 g/mol. The van der Waals surface area contributed by atoms with Gasteiger partial charge in [0.2, 0.25) is 0 Å². The van der Waals surface area contributed by atoms with Crippen LogP contribution in [0.3, 0.4) is 0 Å². The minimum atomic E-state index is -1.04. The summed E-state index contributed by atoms with van der Waals surface area (Å²) in [4.78, 5) is 27.4. The number of hydrogen-bond acceptors (Lipinski definition) is 6. The van der Waals surface area contributed by atoms with Gasteiger partial charge in [0.1, 0.15) is 6.61 Å². The molecule has 0 spiro atoms. The lowest BCUT2D eigenvalue weighted by atomic mass is 10.2. The molecule has 0 saturated heterocycles. The number of hydrogen-bond donors (Lipinski definition) is 2. The van der Waals surface area contributed by atoms with Gasteiger partial charge in [-0.3, -0.25) is 4.79 Å². The second-order valence-electron chi connectivity index (χ2n) is 4.59. The van der Waals surface area contributed by atoms with Crippen LogP contribution in [0, 0.1) is 0 Å². The number of amides is 1. The first-order valence-electron chi connectivity index (χ1n) is 6.77. The summed E-state index contributed by atoms with van der Waals surface area (Å²) in [5.74, 6) is -1.04. The minimum Gasteiger partial charge on any atom is -0.481 e. The van der Waals surface area contributed by atoms with Gasteiger partial charge < -0.3 is 19.9 Å². The van der Waals surface area contributed by atoms with E-state index in [0.29, 0.717) is 10.1 Å². The highest BCUT2D eigenvalue weighted by atomic mass is 32.1. The number of aliphatic carboxylic acids is 1. The molecule has 1 aromatic carbocycles. The molecule has 0 saturated carbocycles. The summed E-state index contributed by atoms with van der Waals surface area (Å²) < 4.78 is 10.1. The van der Waals surface area contributed by atoms with Crippen molar-refractivity contribution in [3.05, 3.63) is 47.0 Å². The van der Waals surface area contributed by atoms with Crippen LogP contribution < -0.4 is 10.1 Å². The number of carbonyl (C=O) groups is 2. The van der Waals surface area contributed by atoms with E-state index in [1.54, 1.807) is 0 Å². The van der Waals surface area contributed by atoms with Crippen molar-refractivity contribution in [3.63, 3.8) is 0 Å². The molecule has 2 rings (SSSR count). The third-order valence-electron chi connectivity index (χ3n) is 2.90. The summed E-state index contributed by atoms with van der Waals surface area (Å²) in [6.45, 7) is 0.110. The van der Waals surface area contributed by atoms with Crippen molar-refractivity contribution in [2.75, 3.05) is 7.11 Å². The zero-order valence-corrected chi connectivity index (χ0v) is 13.2. The lowest BCUT2D eigenvalue weighted by Gasteiger charge is -2.15. The lowest BCUT2D eigenvalue weighted by molar-refractivity contribution is -0.137. The first kappa shape index (κ1) is 16.8. The highest BCUT2D eigenvalue weighted by Gasteiger charge is 2.21. The maximum Gasteiger partial charge on any atom is 0.407 e. The highest BCUT2D eigenvalue weighted by Crippen LogP contribution is 2.28.